The zero-order valence-electron chi connectivity index (χ0n) is 21.9. The van der Waals surface area contributed by atoms with Crippen LogP contribution in [0.1, 0.15) is 34.6 Å². The first-order chi connectivity index (χ1) is 19.7. The molecule has 3 atom stereocenters. The zero-order chi connectivity index (χ0) is 29.1. The first-order valence-electron chi connectivity index (χ1n) is 12.6. The van der Waals surface area contributed by atoms with Crippen LogP contribution in [0.3, 0.4) is 0 Å². The quantitative estimate of drug-likeness (QED) is 0.303. The summed E-state index contributed by atoms with van der Waals surface area (Å²) in [6.45, 7) is 2.19. The molecule has 0 saturated carbocycles. The number of halogens is 1. The molecule has 4 aromatic rings. The Labute approximate surface area is 231 Å². The van der Waals surface area contributed by atoms with E-state index < -0.39 is 60.5 Å². The number of amides is 1. The molecule has 2 N–H and O–H groups in total. The SMILES string of the molecule is CC(C)C(=O)Nc1nc2c(nnn2[C@]2(OC(=O)c3ccccc3)CO[C@H](COC(=O)c3ccccc3)[C@H]2F)c(=O)[nH]1. The normalized spacial score (nSPS) is 20.2. The molecule has 0 aliphatic carbocycles. The molecule has 212 valence electrons. The van der Waals surface area contributed by atoms with Crippen molar-refractivity contribution < 1.29 is 33.0 Å². The van der Waals surface area contributed by atoms with Crippen LogP contribution in [0.5, 0.6) is 0 Å². The maximum atomic E-state index is 16.4. The summed E-state index contributed by atoms with van der Waals surface area (Å²) < 4.78 is 33.8. The topological polar surface area (TPSA) is 167 Å². The largest absolute Gasteiger partial charge is 0.459 e. The van der Waals surface area contributed by atoms with Gasteiger partial charge in [-0.1, -0.05) is 55.5 Å². The van der Waals surface area contributed by atoms with Gasteiger partial charge in [0.2, 0.25) is 11.9 Å². The molecule has 14 heteroatoms. The molecule has 2 aromatic carbocycles. The Kier molecular flexibility index (Phi) is 7.57. The van der Waals surface area contributed by atoms with Gasteiger partial charge in [0.25, 0.3) is 11.3 Å². The summed E-state index contributed by atoms with van der Waals surface area (Å²) in [5, 5.41) is 10.2. The van der Waals surface area contributed by atoms with Gasteiger partial charge in [0.1, 0.15) is 19.3 Å². The third kappa shape index (κ3) is 5.41. The van der Waals surface area contributed by atoms with Crippen LogP contribution in [-0.4, -0.2) is 68.3 Å². The van der Waals surface area contributed by atoms with E-state index in [0.717, 1.165) is 4.68 Å². The Balaban J connectivity index is 1.51. The summed E-state index contributed by atoms with van der Waals surface area (Å²) in [7, 11) is 0. The van der Waals surface area contributed by atoms with E-state index in [2.05, 4.69) is 25.6 Å². The van der Waals surface area contributed by atoms with E-state index in [1.54, 1.807) is 50.2 Å². The lowest BCUT2D eigenvalue weighted by Gasteiger charge is -2.30. The van der Waals surface area contributed by atoms with Gasteiger partial charge in [-0.05, 0) is 24.3 Å². The maximum absolute atomic E-state index is 16.4. The highest BCUT2D eigenvalue weighted by Gasteiger charge is 2.58. The minimum Gasteiger partial charge on any atom is -0.459 e. The number of aromatic nitrogens is 5. The molecule has 0 bridgehead atoms. The van der Waals surface area contributed by atoms with Crippen LogP contribution < -0.4 is 10.9 Å². The van der Waals surface area contributed by atoms with Gasteiger partial charge in [0, 0.05) is 5.92 Å². The molecule has 0 radical (unpaired) electrons. The van der Waals surface area contributed by atoms with Gasteiger partial charge < -0.3 is 14.2 Å². The number of anilines is 1. The Morgan fingerprint density at radius 2 is 1.73 bits per heavy atom. The van der Waals surface area contributed by atoms with Gasteiger partial charge in [0.15, 0.2) is 17.3 Å². The van der Waals surface area contributed by atoms with E-state index in [4.69, 9.17) is 14.2 Å². The summed E-state index contributed by atoms with van der Waals surface area (Å²) in [5.41, 5.74) is -3.28. The van der Waals surface area contributed by atoms with Crippen molar-refractivity contribution in [2.24, 2.45) is 5.92 Å². The fourth-order valence-corrected chi connectivity index (χ4v) is 4.13. The molecule has 13 nitrogen and oxygen atoms in total. The Bertz CT molecular complexity index is 1640. The highest BCUT2D eigenvalue weighted by atomic mass is 19.1. The highest BCUT2D eigenvalue weighted by Crippen LogP contribution is 2.38. The highest BCUT2D eigenvalue weighted by molar-refractivity contribution is 5.91. The first-order valence-corrected chi connectivity index (χ1v) is 12.6. The van der Waals surface area contributed by atoms with E-state index in [1.807, 2.05) is 0 Å². The van der Waals surface area contributed by atoms with E-state index >= 15 is 4.39 Å². The third-order valence-corrected chi connectivity index (χ3v) is 6.36. The van der Waals surface area contributed by atoms with Gasteiger partial charge in [-0.25, -0.2) is 14.0 Å². The third-order valence-electron chi connectivity index (χ3n) is 6.36. The van der Waals surface area contributed by atoms with Crippen molar-refractivity contribution in [2.75, 3.05) is 18.5 Å². The van der Waals surface area contributed by atoms with Crippen LogP contribution in [0.4, 0.5) is 10.3 Å². The summed E-state index contributed by atoms with van der Waals surface area (Å²) >= 11 is 0. The minimum atomic E-state index is -2.30. The predicted molar refractivity (Wildman–Crippen MR) is 141 cm³/mol. The van der Waals surface area contributed by atoms with Gasteiger partial charge in [0.05, 0.1) is 11.1 Å². The van der Waals surface area contributed by atoms with Crippen molar-refractivity contribution in [2.45, 2.75) is 31.8 Å². The smallest absolute Gasteiger partial charge is 0.340 e. The summed E-state index contributed by atoms with van der Waals surface area (Å²) in [6, 6.07) is 15.9. The number of carbonyl (C=O) groups is 3. The molecular weight excluding hydrogens is 539 g/mol. The Morgan fingerprint density at radius 3 is 2.37 bits per heavy atom. The lowest BCUT2D eigenvalue weighted by molar-refractivity contribution is -0.118. The van der Waals surface area contributed by atoms with Crippen LogP contribution in [0.25, 0.3) is 11.2 Å². The number of nitrogens with one attached hydrogen (secondary N) is 2. The number of H-pyrrole nitrogens is 1. The molecule has 1 saturated heterocycles. The van der Waals surface area contributed by atoms with E-state index in [1.165, 1.54) is 24.3 Å². The second-order valence-electron chi connectivity index (χ2n) is 9.55. The number of nitrogens with zero attached hydrogens (tertiary/aromatic N) is 4. The van der Waals surface area contributed by atoms with Crippen LogP contribution in [-0.2, 0) is 24.7 Å². The molecule has 5 rings (SSSR count). The minimum absolute atomic E-state index is 0.109. The molecular formula is C27H25FN6O7. The van der Waals surface area contributed by atoms with E-state index in [-0.39, 0.29) is 28.2 Å². The molecule has 0 unspecified atom stereocenters. The van der Waals surface area contributed by atoms with Crippen molar-refractivity contribution in [3.05, 3.63) is 82.1 Å². The van der Waals surface area contributed by atoms with Gasteiger partial charge in [-0.2, -0.15) is 9.67 Å². The number of aromatic amines is 1. The molecule has 1 aliphatic rings. The molecule has 0 spiro atoms. The van der Waals surface area contributed by atoms with Gasteiger partial charge in [-0.15, -0.1) is 5.10 Å². The summed E-state index contributed by atoms with van der Waals surface area (Å²) in [6.07, 6.45) is -3.54. The second kappa shape index (κ2) is 11.3. The number of carbonyl (C=O) groups excluding carboxylic acids is 3. The number of fused-ring (bicyclic) bond motifs is 1. The van der Waals surface area contributed by atoms with Crippen molar-refractivity contribution in [1.29, 1.82) is 0 Å². The van der Waals surface area contributed by atoms with E-state index in [0.29, 0.717) is 0 Å². The summed E-state index contributed by atoms with van der Waals surface area (Å²) in [5.74, 6) is -2.73. The average molecular weight is 565 g/mol. The van der Waals surface area contributed by atoms with E-state index in [9.17, 15) is 19.2 Å². The number of hydrogen-bond acceptors (Lipinski definition) is 10. The van der Waals surface area contributed by atoms with Crippen LogP contribution >= 0.6 is 0 Å². The van der Waals surface area contributed by atoms with Crippen molar-refractivity contribution in [3.63, 3.8) is 0 Å². The number of rotatable bonds is 8. The van der Waals surface area contributed by atoms with Crippen molar-refractivity contribution in [1.82, 2.24) is 25.0 Å². The number of hydrogen-bond donors (Lipinski definition) is 2. The molecule has 41 heavy (non-hydrogen) atoms. The number of alkyl halides is 1. The monoisotopic (exact) mass is 564 g/mol. The molecule has 2 aromatic heterocycles. The number of benzene rings is 2. The maximum Gasteiger partial charge on any atom is 0.340 e. The van der Waals surface area contributed by atoms with Crippen LogP contribution in [0.15, 0.2) is 65.5 Å². The number of esters is 2. The first kappa shape index (κ1) is 27.6. The molecule has 1 amide bonds. The molecule has 1 aliphatic heterocycles. The van der Waals surface area contributed by atoms with Gasteiger partial charge in [-0.3, -0.25) is 19.9 Å². The number of ether oxygens (including phenoxy) is 3. The molecule has 3 heterocycles. The van der Waals surface area contributed by atoms with Crippen molar-refractivity contribution in [3.8, 4) is 0 Å². The van der Waals surface area contributed by atoms with Gasteiger partial charge >= 0.3 is 11.9 Å². The lowest BCUT2D eigenvalue weighted by Crippen LogP contribution is -2.49. The lowest BCUT2D eigenvalue weighted by atomic mass is 10.1. The van der Waals surface area contributed by atoms with Crippen molar-refractivity contribution >= 4 is 35.0 Å². The fourth-order valence-electron chi connectivity index (χ4n) is 4.13. The van der Waals surface area contributed by atoms with Crippen LogP contribution in [0.2, 0.25) is 0 Å². The molecule has 1 fully saturated rings. The summed E-state index contributed by atoms with van der Waals surface area (Å²) in [4.78, 5) is 57.2. The zero-order valence-corrected chi connectivity index (χ0v) is 21.9. The fraction of sp³-hybridized carbons (Fsp3) is 0.296. The Hall–Kier alpha value is -4.98. The predicted octanol–water partition coefficient (Wildman–Crippen LogP) is 2.21. The second-order valence-corrected chi connectivity index (χ2v) is 9.55. The average Bonchev–Trinajstić information content (AvgIpc) is 3.54. The standard InChI is InChI=1S/C27H25FN6O7/c1-15(2)22(35)30-26-29-21-19(23(36)31-26)32-33-34(21)27(41-25(38)17-11-7-4-8-12-17)14-40-18(20(27)28)13-39-24(37)16-9-5-3-6-10-16/h3-12,15,18,20H,13-14H2,1-2H3,(H2,29,30,31,35,36)/t18-,20-,27+/m1/s1. The Morgan fingerprint density at radius 1 is 1.10 bits per heavy atom. The van der Waals surface area contributed by atoms with Crippen LogP contribution in [0, 0.1) is 5.92 Å².